The zero-order valence-corrected chi connectivity index (χ0v) is 17.4. The third-order valence-corrected chi connectivity index (χ3v) is 5.62. The van der Waals surface area contributed by atoms with E-state index in [2.05, 4.69) is 15.5 Å². The van der Waals surface area contributed by atoms with Crippen LogP contribution in [0.15, 0.2) is 53.7 Å². The summed E-state index contributed by atoms with van der Waals surface area (Å²) in [4.78, 5) is 12.5. The van der Waals surface area contributed by atoms with Gasteiger partial charge in [-0.1, -0.05) is 41.6 Å². The van der Waals surface area contributed by atoms with E-state index in [9.17, 15) is 4.79 Å². The predicted molar refractivity (Wildman–Crippen MR) is 112 cm³/mol. The summed E-state index contributed by atoms with van der Waals surface area (Å²) in [6.07, 6.45) is 0. The summed E-state index contributed by atoms with van der Waals surface area (Å²) in [6, 6.07) is 15.0. The first-order valence-electron chi connectivity index (χ1n) is 8.71. The number of nitrogens with one attached hydrogen (secondary N) is 1. The van der Waals surface area contributed by atoms with E-state index >= 15 is 0 Å². The number of benzene rings is 2. The summed E-state index contributed by atoms with van der Waals surface area (Å²) in [6.45, 7) is 2.25. The second kappa shape index (κ2) is 9.12. The molecule has 0 aliphatic heterocycles. The number of hydrogen-bond acceptors (Lipinski definition) is 5. The van der Waals surface area contributed by atoms with Crippen LogP contribution >= 0.6 is 23.4 Å². The summed E-state index contributed by atoms with van der Waals surface area (Å²) >= 11 is 7.30. The van der Waals surface area contributed by atoms with Crippen molar-refractivity contribution in [2.75, 3.05) is 7.11 Å². The van der Waals surface area contributed by atoms with Gasteiger partial charge in [-0.05, 0) is 37.3 Å². The molecular formula is C20H21ClN4O2S. The van der Waals surface area contributed by atoms with E-state index in [0.29, 0.717) is 16.7 Å². The Morgan fingerprint density at radius 1 is 1.21 bits per heavy atom. The van der Waals surface area contributed by atoms with Crippen molar-refractivity contribution in [3.8, 4) is 17.1 Å². The number of carbonyl (C=O) groups is 1. The molecule has 3 rings (SSSR count). The van der Waals surface area contributed by atoms with Crippen molar-refractivity contribution in [1.29, 1.82) is 0 Å². The van der Waals surface area contributed by atoms with Crippen LogP contribution in [-0.4, -0.2) is 33.0 Å². The molecule has 0 fully saturated rings. The van der Waals surface area contributed by atoms with Crippen molar-refractivity contribution >= 4 is 29.3 Å². The van der Waals surface area contributed by atoms with Gasteiger partial charge >= 0.3 is 0 Å². The molecule has 0 bridgehead atoms. The third kappa shape index (κ3) is 4.66. The average Bonchev–Trinajstić information content (AvgIpc) is 3.07. The summed E-state index contributed by atoms with van der Waals surface area (Å²) in [7, 11) is 3.50. The predicted octanol–water partition coefficient (Wildman–Crippen LogP) is 3.94. The monoisotopic (exact) mass is 416 g/mol. The molecule has 0 saturated carbocycles. The minimum absolute atomic E-state index is 0.0769. The van der Waals surface area contributed by atoms with Gasteiger partial charge in [-0.3, -0.25) is 4.79 Å². The fourth-order valence-corrected chi connectivity index (χ4v) is 3.62. The highest BCUT2D eigenvalue weighted by Crippen LogP contribution is 2.26. The molecule has 1 N–H and O–H groups in total. The quantitative estimate of drug-likeness (QED) is 0.591. The van der Waals surface area contributed by atoms with Gasteiger partial charge in [0.15, 0.2) is 11.0 Å². The number of methoxy groups -OCH3 is 1. The Hall–Kier alpha value is -2.51. The second-order valence-electron chi connectivity index (χ2n) is 6.16. The van der Waals surface area contributed by atoms with Crippen molar-refractivity contribution in [1.82, 2.24) is 20.1 Å². The molecular weight excluding hydrogens is 396 g/mol. The Morgan fingerprint density at radius 2 is 1.93 bits per heavy atom. The van der Waals surface area contributed by atoms with Crippen molar-refractivity contribution in [3.63, 3.8) is 0 Å². The van der Waals surface area contributed by atoms with Crippen LogP contribution in [0.2, 0.25) is 5.02 Å². The Kier molecular flexibility index (Phi) is 6.59. The number of para-hydroxylation sites is 1. The normalized spacial score (nSPS) is 11.9. The first-order valence-corrected chi connectivity index (χ1v) is 9.97. The van der Waals surface area contributed by atoms with Crippen LogP contribution in [0.1, 0.15) is 12.5 Å². The van der Waals surface area contributed by atoms with Crippen LogP contribution < -0.4 is 10.1 Å². The van der Waals surface area contributed by atoms with Crippen molar-refractivity contribution < 1.29 is 9.53 Å². The van der Waals surface area contributed by atoms with Crippen molar-refractivity contribution in [2.24, 2.45) is 7.05 Å². The number of hydrogen-bond donors (Lipinski definition) is 1. The molecule has 1 amide bonds. The van der Waals surface area contributed by atoms with Crippen LogP contribution in [-0.2, 0) is 18.4 Å². The number of amides is 1. The fraction of sp³-hybridized carbons (Fsp3) is 0.250. The number of rotatable bonds is 7. The summed E-state index contributed by atoms with van der Waals surface area (Å²) in [5.74, 6) is 1.40. The van der Waals surface area contributed by atoms with Gasteiger partial charge in [0.2, 0.25) is 5.91 Å². The highest BCUT2D eigenvalue weighted by molar-refractivity contribution is 8.00. The third-order valence-electron chi connectivity index (χ3n) is 4.23. The molecule has 0 aliphatic rings. The summed E-state index contributed by atoms with van der Waals surface area (Å²) in [5.41, 5.74) is 1.85. The Labute approximate surface area is 173 Å². The molecule has 1 aromatic heterocycles. The van der Waals surface area contributed by atoms with Gasteiger partial charge in [-0.15, -0.1) is 10.2 Å². The van der Waals surface area contributed by atoms with Crippen LogP contribution in [0.5, 0.6) is 5.75 Å². The number of carbonyl (C=O) groups excluding carboxylic acids is 1. The lowest BCUT2D eigenvalue weighted by Crippen LogP contribution is -2.30. The fourth-order valence-electron chi connectivity index (χ4n) is 2.65. The van der Waals surface area contributed by atoms with Gasteiger partial charge in [-0.25, -0.2) is 0 Å². The number of nitrogens with zero attached hydrogens (tertiary/aromatic N) is 3. The molecule has 1 atom stereocenters. The molecule has 0 spiro atoms. The molecule has 0 saturated heterocycles. The van der Waals surface area contributed by atoms with E-state index in [1.165, 1.54) is 11.8 Å². The smallest absolute Gasteiger partial charge is 0.233 e. The molecule has 1 unspecified atom stereocenters. The van der Waals surface area contributed by atoms with E-state index in [1.807, 2.05) is 67.1 Å². The van der Waals surface area contributed by atoms with Crippen LogP contribution in [0.25, 0.3) is 11.4 Å². The SMILES string of the molecule is COc1ccccc1CNC(=O)C(C)Sc1nnc(-c2ccc(Cl)cc2)n1C. The second-order valence-corrected chi connectivity index (χ2v) is 7.91. The Balaban J connectivity index is 1.63. The van der Waals surface area contributed by atoms with Gasteiger partial charge < -0.3 is 14.6 Å². The van der Waals surface area contributed by atoms with E-state index < -0.39 is 0 Å². The van der Waals surface area contributed by atoms with E-state index in [1.54, 1.807) is 7.11 Å². The molecule has 1 heterocycles. The maximum absolute atomic E-state index is 12.5. The summed E-state index contributed by atoms with van der Waals surface area (Å²) < 4.78 is 7.19. The molecule has 28 heavy (non-hydrogen) atoms. The molecule has 146 valence electrons. The molecule has 0 aliphatic carbocycles. The zero-order valence-electron chi connectivity index (χ0n) is 15.8. The molecule has 0 radical (unpaired) electrons. The minimum atomic E-state index is -0.323. The number of ether oxygens (including phenoxy) is 1. The maximum atomic E-state index is 12.5. The van der Waals surface area contributed by atoms with Gasteiger partial charge in [0.05, 0.1) is 12.4 Å². The number of halogens is 1. The Morgan fingerprint density at radius 3 is 2.64 bits per heavy atom. The maximum Gasteiger partial charge on any atom is 0.233 e. The first kappa shape index (κ1) is 20.2. The summed E-state index contributed by atoms with van der Waals surface area (Å²) in [5, 5.41) is 12.4. The first-order chi connectivity index (χ1) is 13.5. The number of thioether (sulfide) groups is 1. The van der Waals surface area contributed by atoms with Gasteiger partial charge in [-0.2, -0.15) is 0 Å². The molecule has 8 heteroatoms. The lowest BCUT2D eigenvalue weighted by atomic mass is 10.2. The van der Waals surface area contributed by atoms with E-state index in [-0.39, 0.29) is 11.2 Å². The highest BCUT2D eigenvalue weighted by Gasteiger charge is 2.19. The number of aromatic nitrogens is 3. The van der Waals surface area contributed by atoms with Crippen LogP contribution in [0, 0.1) is 0 Å². The van der Waals surface area contributed by atoms with E-state index in [4.69, 9.17) is 16.3 Å². The van der Waals surface area contributed by atoms with Gasteiger partial charge in [0.25, 0.3) is 0 Å². The lowest BCUT2D eigenvalue weighted by Gasteiger charge is -2.13. The van der Waals surface area contributed by atoms with Crippen LogP contribution in [0.3, 0.4) is 0 Å². The molecule has 6 nitrogen and oxygen atoms in total. The van der Waals surface area contributed by atoms with Crippen molar-refractivity contribution in [3.05, 3.63) is 59.1 Å². The minimum Gasteiger partial charge on any atom is -0.496 e. The molecule has 3 aromatic rings. The van der Waals surface area contributed by atoms with Crippen LogP contribution in [0.4, 0.5) is 0 Å². The topological polar surface area (TPSA) is 69.0 Å². The lowest BCUT2D eigenvalue weighted by molar-refractivity contribution is -0.120. The Bertz CT molecular complexity index is 959. The highest BCUT2D eigenvalue weighted by atomic mass is 35.5. The average molecular weight is 417 g/mol. The van der Waals surface area contributed by atoms with E-state index in [0.717, 1.165) is 22.7 Å². The zero-order chi connectivity index (χ0) is 20.1. The molecule has 2 aromatic carbocycles. The van der Waals surface area contributed by atoms with Gasteiger partial charge in [0, 0.05) is 29.7 Å². The largest absolute Gasteiger partial charge is 0.496 e. The van der Waals surface area contributed by atoms with Crippen molar-refractivity contribution in [2.45, 2.75) is 23.9 Å². The van der Waals surface area contributed by atoms with Gasteiger partial charge in [0.1, 0.15) is 5.75 Å². The standard InChI is InChI=1S/C20H21ClN4O2S/c1-13(19(26)22-12-15-6-4-5-7-17(15)27-3)28-20-24-23-18(25(20)2)14-8-10-16(21)11-9-14/h4-11,13H,12H2,1-3H3,(H,22,26).